The lowest BCUT2D eigenvalue weighted by atomic mass is 9.94. The number of hydrogen-bond donors (Lipinski definition) is 1. The number of nitrogens with zero attached hydrogens (tertiary/aromatic N) is 2. The van der Waals surface area contributed by atoms with E-state index < -0.39 is 0 Å². The van der Waals surface area contributed by atoms with E-state index in [2.05, 4.69) is 29.0 Å². The number of H-pyrrole nitrogens is 1. The highest BCUT2D eigenvalue weighted by atomic mass is 16.5. The molecule has 2 rings (SSSR count). The molecule has 0 fully saturated rings. The molecular formula is C16H21N3O2. The maximum Gasteiger partial charge on any atom is 0.337 e. The van der Waals surface area contributed by atoms with Crippen LogP contribution >= 0.6 is 0 Å². The van der Waals surface area contributed by atoms with Crippen LogP contribution in [0.4, 0.5) is 0 Å². The van der Waals surface area contributed by atoms with Gasteiger partial charge in [0.15, 0.2) is 0 Å². The number of hydrogen-bond acceptors (Lipinski definition) is 4. The van der Waals surface area contributed by atoms with Crippen LogP contribution < -0.4 is 0 Å². The minimum Gasteiger partial charge on any atom is -0.465 e. The predicted molar refractivity (Wildman–Crippen MR) is 81.4 cm³/mol. The Bertz CT molecular complexity index is 562. The molecule has 0 saturated heterocycles. The molecule has 1 aromatic carbocycles. The van der Waals surface area contributed by atoms with Crippen molar-refractivity contribution in [2.24, 2.45) is 0 Å². The summed E-state index contributed by atoms with van der Waals surface area (Å²) in [5.41, 5.74) is 1.70. The molecule has 1 N–H and O–H groups in total. The molecule has 1 aromatic heterocycles. The third-order valence-electron chi connectivity index (χ3n) is 3.45. The summed E-state index contributed by atoms with van der Waals surface area (Å²) in [5, 5.41) is 0. The van der Waals surface area contributed by atoms with Crippen LogP contribution in [0.15, 0.2) is 36.7 Å². The van der Waals surface area contributed by atoms with Crippen molar-refractivity contribution in [3.63, 3.8) is 0 Å². The molecule has 0 saturated carbocycles. The molecule has 0 amide bonds. The third kappa shape index (κ3) is 3.92. The van der Waals surface area contributed by atoms with Crippen LogP contribution in [0.25, 0.3) is 0 Å². The second-order valence-electron chi connectivity index (χ2n) is 5.23. The number of methoxy groups -OCH3 is 1. The molecule has 112 valence electrons. The Morgan fingerprint density at radius 3 is 2.57 bits per heavy atom. The van der Waals surface area contributed by atoms with Crippen molar-refractivity contribution in [1.29, 1.82) is 0 Å². The van der Waals surface area contributed by atoms with E-state index in [9.17, 15) is 4.79 Å². The molecular weight excluding hydrogens is 266 g/mol. The monoisotopic (exact) mass is 287 g/mol. The highest BCUT2D eigenvalue weighted by Crippen LogP contribution is 2.26. The van der Waals surface area contributed by atoms with Crippen molar-refractivity contribution in [1.82, 2.24) is 14.9 Å². The van der Waals surface area contributed by atoms with Crippen LogP contribution in [0.2, 0.25) is 0 Å². The SMILES string of the molecule is COC(=O)c1ccc(C(CCN(C)C)c2ncc[nH]2)cc1. The maximum atomic E-state index is 11.5. The van der Waals surface area contributed by atoms with Crippen molar-refractivity contribution in [3.05, 3.63) is 53.6 Å². The van der Waals surface area contributed by atoms with E-state index in [0.29, 0.717) is 5.56 Å². The van der Waals surface area contributed by atoms with Gasteiger partial charge in [-0.15, -0.1) is 0 Å². The normalized spacial score (nSPS) is 12.4. The van der Waals surface area contributed by atoms with Gasteiger partial charge in [-0.2, -0.15) is 0 Å². The summed E-state index contributed by atoms with van der Waals surface area (Å²) in [4.78, 5) is 21.2. The third-order valence-corrected chi connectivity index (χ3v) is 3.45. The minimum absolute atomic E-state index is 0.189. The van der Waals surface area contributed by atoms with Crippen molar-refractivity contribution in [2.75, 3.05) is 27.7 Å². The van der Waals surface area contributed by atoms with Gasteiger partial charge >= 0.3 is 5.97 Å². The van der Waals surface area contributed by atoms with Gasteiger partial charge in [-0.3, -0.25) is 0 Å². The number of benzene rings is 1. The summed E-state index contributed by atoms with van der Waals surface area (Å²) >= 11 is 0. The number of aromatic nitrogens is 2. The van der Waals surface area contributed by atoms with Crippen molar-refractivity contribution in [3.8, 4) is 0 Å². The summed E-state index contributed by atoms with van der Waals surface area (Å²) in [7, 11) is 5.50. The van der Waals surface area contributed by atoms with Gasteiger partial charge in [-0.05, 0) is 44.8 Å². The molecule has 1 atom stereocenters. The van der Waals surface area contributed by atoms with Crippen molar-refractivity contribution in [2.45, 2.75) is 12.3 Å². The van der Waals surface area contributed by atoms with Crippen molar-refractivity contribution < 1.29 is 9.53 Å². The lowest BCUT2D eigenvalue weighted by Gasteiger charge is -2.18. The highest BCUT2D eigenvalue weighted by Gasteiger charge is 2.17. The Kier molecular flexibility index (Phi) is 5.11. The molecule has 0 bridgehead atoms. The van der Waals surface area contributed by atoms with Crippen LogP contribution in [-0.4, -0.2) is 48.6 Å². The lowest BCUT2D eigenvalue weighted by molar-refractivity contribution is 0.0600. The zero-order valence-electron chi connectivity index (χ0n) is 12.7. The number of carbonyl (C=O) groups excluding carboxylic acids is 1. The topological polar surface area (TPSA) is 58.2 Å². The first-order valence-corrected chi connectivity index (χ1v) is 6.94. The number of nitrogens with one attached hydrogen (secondary N) is 1. The minimum atomic E-state index is -0.315. The van der Waals surface area contributed by atoms with Gasteiger partial charge in [0, 0.05) is 18.3 Å². The number of imidazole rings is 1. The van der Waals surface area contributed by atoms with Gasteiger partial charge in [0.1, 0.15) is 5.82 Å². The summed E-state index contributed by atoms with van der Waals surface area (Å²) in [5.74, 6) is 0.821. The molecule has 0 aliphatic rings. The average molecular weight is 287 g/mol. The van der Waals surface area contributed by atoms with Gasteiger partial charge in [0.25, 0.3) is 0 Å². The van der Waals surface area contributed by atoms with Crippen molar-refractivity contribution >= 4 is 5.97 Å². The van der Waals surface area contributed by atoms with E-state index in [4.69, 9.17) is 4.74 Å². The molecule has 5 nitrogen and oxygen atoms in total. The molecule has 5 heteroatoms. The summed E-state index contributed by atoms with van der Waals surface area (Å²) < 4.78 is 4.72. The van der Waals surface area contributed by atoms with Crippen LogP contribution in [0.3, 0.4) is 0 Å². The fourth-order valence-electron chi connectivity index (χ4n) is 2.29. The smallest absolute Gasteiger partial charge is 0.337 e. The maximum absolute atomic E-state index is 11.5. The van der Waals surface area contributed by atoms with Gasteiger partial charge in [-0.25, -0.2) is 9.78 Å². The quantitative estimate of drug-likeness (QED) is 0.828. The highest BCUT2D eigenvalue weighted by molar-refractivity contribution is 5.89. The Balaban J connectivity index is 2.22. The molecule has 0 aliphatic heterocycles. The predicted octanol–water partition coefficient (Wildman–Crippen LogP) is 2.28. The van der Waals surface area contributed by atoms with E-state index in [1.807, 2.05) is 18.3 Å². The first kappa shape index (κ1) is 15.3. The Morgan fingerprint density at radius 2 is 2.05 bits per heavy atom. The Labute approximate surface area is 125 Å². The first-order valence-electron chi connectivity index (χ1n) is 6.94. The van der Waals surface area contributed by atoms with Gasteiger partial charge < -0.3 is 14.6 Å². The number of ether oxygens (including phenoxy) is 1. The van der Waals surface area contributed by atoms with Crippen LogP contribution in [-0.2, 0) is 4.74 Å². The number of rotatable bonds is 6. The fraction of sp³-hybridized carbons (Fsp3) is 0.375. The molecule has 0 spiro atoms. The van der Waals surface area contributed by atoms with E-state index in [1.54, 1.807) is 18.3 Å². The first-order chi connectivity index (χ1) is 10.1. The van der Waals surface area contributed by atoms with E-state index >= 15 is 0 Å². The molecule has 1 unspecified atom stereocenters. The summed E-state index contributed by atoms with van der Waals surface area (Å²) in [6.07, 6.45) is 4.56. The summed E-state index contributed by atoms with van der Waals surface area (Å²) in [6.45, 7) is 0.962. The largest absolute Gasteiger partial charge is 0.465 e. The Hall–Kier alpha value is -2.14. The molecule has 0 radical (unpaired) electrons. The van der Waals surface area contributed by atoms with Gasteiger partial charge in [-0.1, -0.05) is 12.1 Å². The van der Waals surface area contributed by atoms with Crippen LogP contribution in [0, 0.1) is 0 Å². The molecule has 2 aromatic rings. The van der Waals surface area contributed by atoms with E-state index in [-0.39, 0.29) is 11.9 Å². The van der Waals surface area contributed by atoms with Gasteiger partial charge in [0.05, 0.1) is 12.7 Å². The number of esters is 1. The van der Waals surface area contributed by atoms with E-state index in [0.717, 1.165) is 24.4 Å². The zero-order chi connectivity index (χ0) is 15.2. The second-order valence-corrected chi connectivity index (χ2v) is 5.23. The second kappa shape index (κ2) is 7.04. The molecule has 0 aliphatic carbocycles. The molecule has 21 heavy (non-hydrogen) atoms. The average Bonchev–Trinajstić information content (AvgIpc) is 3.01. The van der Waals surface area contributed by atoms with Gasteiger partial charge in [0.2, 0.25) is 0 Å². The Morgan fingerprint density at radius 1 is 1.33 bits per heavy atom. The molecule has 1 heterocycles. The lowest BCUT2D eigenvalue weighted by Crippen LogP contribution is -2.17. The zero-order valence-corrected chi connectivity index (χ0v) is 12.7. The standard InChI is InChI=1S/C16H21N3O2/c1-19(2)11-8-14(15-17-9-10-18-15)12-4-6-13(7-5-12)16(20)21-3/h4-7,9-10,14H,8,11H2,1-3H3,(H,17,18). The number of aromatic amines is 1. The number of carbonyl (C=O) groups is 1. The summed E-state index contributed by atoms with van der Waals surface area (Å²) in [6, 6.07) is 7.53. The van der Waals surface area contributed by atoms with Crippen LogP contribution in [0.5, 0.6) is 0 Å². The van der Waals surface area contributed by atoms with Crippen LogP contribution in [0.1, 0.15) is 34.1 Å². The van der Waals surface area contributed by atoms with E-state index in [1.165, 1.54) is 7.11 Å². The fourth-order valence-corrected chi connectivity index (χ4v) is 2.29.